The Labute approximate surface area is 150 Å². The van der Waals surface area contributed by atoms with Crippen molar-refractivity contribution in [2.75, 3.05) is 6.54 Å². The van der Waals surface area contributed by atoms with E-state index in [0.717, 1.165) is 32.1 Å². The van der Waals surface area contributed by atoms with E-state index < -0.39 is 11.6 Å². The van der Waals surface area contributed by atoms with Crippen LogP contribution in [0.3, 0.4) is 0 Å². The Kier molecular flexibility index (Phi) is 7.44. The summed E-state index contributed by atoms with van der Waals surface area (Å²) < 4.78 is 0. The summed E-state index contributed by atoms with van der Waals surface area (Å²) in [5, 5.41) is 16.2. The molecule has 1 aliphatic carbocycles. The van der Waals surface area contributed by atoms with E-state index in [2.05, 4.69) is 17.6 Å². The molecule has 1 aliphatic rings. The fourth-order valence-corrected chi connectivity index (χ4v) is 3.40. The highest BCUT2D eigenvalue weighted by Gasteiger charge is 2.40. The molecule has 138 valence electrons. The van der Waals surface area contributed by atoms with Gasteiger partial charge in [0.2, 0.25) is 11.8 Å². The topological polar surface area (TPSA) is 78.4 Å². The molecule has 0 radical (unpaired) electrons. The van der Waals surface area contributed by atoms with E-state index in [1.807, 2.05) is 18.2 Å². The monoisotopic (exact) mass is 346 g/mol. The van der Waals surface area contributed by atoms with Crippen molar-refractivity contribution in [3.05, 3.63) is 35.9 Å². The molecule has 1 atom stereocenters. The number of carbonyl (C=O) groups excluding carboxylic acids is 2. The molecular weight excluding hydrogens is 316 g/mol. The SMILES string of the molecule is CCCCNC(=O)C1(NC(=O)CC(O)c2ccccc2)CCCCC1. The van der Waals surface area contributed by atoms with E-state index in [-0.39, 0.29) is 18.2 Å². The highest BCUT2D eigenvalue weighted by Crippen LogP contribution is 2.29. The van der Waals surface area contributed by atoms with Crippen LogP contribution in [-0.2, 0) is 9.59 Å². The summed E-state index contributed by atoms with van der Waals surface area (Å²) in [5.74, 6) is -0.355. The first kappa shape index (κ1) is 19.4. The molecule has 5 heteroatoms. The summed E-state index contributed by atoms with van der Waals surface area (Å²) >= 11 is 0. The number of aliphatic hydroxyl groups is 1. The van der Waals surface area contributed by atoms with Crippen LogP contribution in [0.2, 0.25) is 0 Å². The highest BCUT2D eigenvalue weighted by atomic mass is 16.3. The zero-order chi connectivity index (χ0) is 18.1. The number of aliphatic hydroxyl groups excluding tert-OH is 1. The maximum atomic E-state index is 12.7. The normalized spacial score (nSPS) is 17.5. The molecule has 1 unspecified atom stereocenters. The number of hydrogen-bond acceptors (Lipinski definition) is 3. The number of carbonyl (C=O) groups is 2. The van der Waals surface area contributed by atoms with Crippen LogP contribution in [0, 0.1) is 0 Å². The maximum Gasteiger partial charge on any atom is 0.245 e. The van der Waals surface area contributed by atoms with E-state index >= 15 is 0 Å². The van der Waals surface area contributed by atoms with Gasteiger partial charge in [-0.3, -0.25) is 9.59 Å². The third-order valence-electron chi connectivity index (χ3n) is 4.90. The van der Waals surface area contributed by atoms with Gasteiger partial charge in [-0.25, -0.2) is 0 Å². The molecular formula is C20H30N2O3. The average Bonchev–Trinajstić information content (AvgIpc) is 2.63. The lowest BCUT2D eigenvalue weighted by Crippen LogP contribution is -2.60. The van der Waals surface area contributed by atoms with E-state index in [0.29, 0.717) is 24.9 Å². The molecule has 0 saturated heterocycles. The van der Waals surface area contributed by atoms with Gasteiger partial charge in [-0.15, -0.1) is 0 Å². The van der Waals surface area contributed by atoms with Crippen LogP contribution in [0.1, 0.15) is 70.0 Å². The van der Waals surface area contributed by atoms with Crippen molar-refractivity contribution in [2.45, 2.75) is 69.9 Å². The van der Waals surface area contributed by atoms with Gasteiger partial charge in [-0.2, -0.15) is 0 Å². The van der Waals surface area contributed by atoms with Gasteiger partial charge in [0.25, 0.3) is 0 Å². The summed E-state index contributed by atoms with van der Waals surface area (Å²) in [6.45, 7) is 2.72. The van der Waals surface area contributed by atoms with Gasteiger partial charge in [0, 0.05) is 6.54 Å². The van der Waals surface area contributed by atoms with Crippen LogP contribution < -0.4 is 10.6 Å². The first-order valence-corrected chi connectivity index (χ1v) is 9.40. The van der Waals surface area contributed by atoms with Gasteiger partial charge < -0.3 is 15.7 Å². The highest BCUT2D eigenvalue weighted by molar-refractivity contribution is 5.91. The fraction of sp³-hybridized carbons (Fsp3) is 0.600. The van der Waals surface area contributed by atoms with Crippen LogP contribution in [0.15, 0.2) is 30.3 Å². The second-order valence-electron chi connectivity index (χ2n) is 6.93. The zero-order valence-corrected chi connectivity index (χ0v) is 15.1. The van der Waals surface area contributed by atoms with Crippen LogP contribution in [0.4, 0.5) is 0 Å². The molecule has 0 spiro atoms. The van der Waals surface area contributed by atoms with E-state index in [9.17, 15) is 14.7 Å². The minimum atomic E-state index is -0.856. The molecule has 1 aromatic rings. The molecule has 0 aliphatic heterocycles. The van der Waals surface area contributed by atoms with Crippen molar-refractivity contribution in [1.29, 1.82) is 0 Å². The van der Waals surface area contributed by atoms with Crippen LogP contribution in [-0.4, -0.2) is 29.0 Å². The summed E-state index contributed by atoms with van der Waals surface area (Å²) in [5.41, 5.74) is -0.109. The second kappa shape index (κ2) is 9.56. The molecule has 1 aromatic carbocycles. The number of nitrogens with one attached hydrogen (secondary N) is 2. The van der Waals surface area contributed by atoms with E-state index in [4.69, 9.17) is 0 Å². The van der Waals surface area contributed by atoms with E-state index in [1.54, 1.807) is 12.1 Å². The number of amides is 2. The molecule has 2 rings (SSSR count). The van der Waals surface area contributed by atoms with Crippen LogP contribution in [0.25, 0.3) is 0 Å². The molecule has 3 N–H and O–H groups in total. The lowest BCUT2D eigenvalue weighted by atomic mass is 9.80. The Hall–Kier alpha value is -1.88. The van der Waals surface area contributed by atoms with Gasteiger partial charge in [-0.05, 0) is 24.8 Å². The predicted octanol–water partition coefficient (Wildman–Crippen LogP) is 2.85. The minimum Gasteiger partial charge on any atom is -0.388 e. The maximum absolute atomic E-state index is 12.7. The summed E-state index contributed by atoms with van der Waals surface area (Å²) in [6.07, 6.45) is 5.35. The third-order valence-corrected chi connectivity index (χ3v) is 4.90. The molecule has 0 aromatic heterocycles. The Morgan fingerprint density at radius 3 is 2.48 bits per heavy atom. The number of unbranched alkanes of at least 4 members (excludes halogenated alkanes) is 1. The van der Waals surface area contributed by atoms with Crippen LogP contribution in [0.5, 0.6) is 0 Å². The number of benzene rings is 1. The molecule has 2 amide bonds. The summed E-state index contributed by atoms with van der Waals surface area (Å²) in [7, 11) is 0. The fourth-order valence-electron chi connectivity index (χ4n) is 3.40. The Morgan fingerprint density at radius 1 is 1.16 bits per heavy atom. The van der Waals surface area contributed by atoms with Crippen molar-refractivity contribution in [3.8, 4) is 0 Å². The molecule has 0 bridgehead atoms. The van der Waals surface area contributed by atoms with Gasteiger partial charge in [0.05, 0.1) is 12.5 Å². The van der Waals surface area contributed by atoms with Crippen LogP contribution >= 0.6 is 0 Å². The summed E-state index contributed by atoms with van der Waals surface area (Å²) in [6, 6.07) is 9.13. The number of rotatable bonds is 8. The summed E-state index contributed by atoms with van der Waals surface area (Å²) in [4.78, 5) is 25.2. The second-order valence-corrected chi connectivity index (χ2v) is 6.93. The molecule has 5 nitrogen and oxygen atoms in total. The Morgan fingerprint density at radius 2 is 1.84 bits per heavy atom. The van der Waals surface area contributed by atoms with Crippen molar-refractivity contribution in [2.24, 2.45) is 0 Å². The third kappa shape index (κ3) is 5.56. The molecule has 1 fully saturated rings. The lowest BCUT2D eigenvalue weighted by Gasteiger charge is -2.37. The van der Waals surface area contributed by atoms with Crippen molar-refractivity contribution >= 4 is 11.8 Å². The Bertz CT molecular complexity index is 553. The smallest absolute Gasteiger partial charge is 0.245 e. The van der Waals surface area contributed by atoms with Crippen molar-refractivity contribution in [1.82, 2.24) is 10.6 Å². The van der Waals surface area contributed by atoms with Crippen molar-refractivity contribution < 1.29 is 14.7 Å². The van der Waals surface area contributed by atoms with Gasteiger partial charge in [-0.1, -0.05) is 62.9 Å². The largest absolute Gasteiger partial charge is 0.388 e. The quantitative estimate of drug-likeness (QED) is 0.633. The molecule has 1 saturated carbocycles. The zero-order valence-electron chi connectivity index (χ0n) is 15.1. The first-order valence-electron chi connectivity index (χ1n) is 9.40. The first-order chi connectivity index (χ1) is 12.1. The predicted molar refractivity (Wildman–Crippen MR) is 97.9 cm³/mol. The molecule has 0 heterocycles. The minimum absolute atomic E-state index is 0.0337. The van der Waals surface area contributed by atoms with E-state index in [1.165, 1.54) is 0 Å². The van der Waals surface area contributed by atoms with Crippen molar-refractivity contribution in [3.63, 3.8) is 0 Å². The standard InChI is InChI=1S/C20H30N2O3/c1-2-3-14-21-19(25)20(12-8-5-9-13-20)22-18(24)15-17(23)16-10-6-4-7-11-16/h4,6-7,10-11,17,23H,2-3,5,8-9,12-15H2,1H3,(H,21,25)(H,22,24). The molecule has 25 heavy (non-hydrogen) atoms. The average molecular weight is 346 g/mol. The van der Waals surface area contributed by atoms with Gasteiger partial charge in [0.1, 0.15) is 5.54 Å². The number of hydrogen-bond donors (Lipinski definition) is 3. The lowest BCUT2D eigenvalue weighted by molar-refractivity contribution is -0.136. The Balaban J connectivity index is 1.98. The van der Waals surface area contributed by atoms with Gasteiger partial charge >= 0.3 is 0 Å². The van der Waals surface area contributed by atoms with Gasteiger partial charge in [0.15, 0.2) is 0 Å².